The zero-order valence-electron chi connectivity index (χ0n) is 8.97. The fourth-order valence-corrected chi connectivity index (χ4v) is 1.53. The maximum absolute atomic E-state index is 9.20. The molecule has 0 atom stereocenters. The molecule has 0 unspecified atom stereocenters. The lowest BCUT2D eigenvalue weighted by Gasteiger charge is -2.00. The fraction of sp³-hybridized carbons (Fsp3) is 0. The standard InChI is InChI=1S/C13H11ClN2O/c14-13-8-12(17)7-6-10(13)9-15-16-11-4-2-1-3-5-11/h1-9,16-17H. The summed E-state index contributed by atoms with van der Waals surface area (Å²) in [6.07, 6.45) is 1.61. The topological polar surface area (TPSA) is 44.6 Å². The summed E-state index contributed by atoms with van der Waals surface area (Å²) in [5, 5.41) is 13.7. The number of nitrogens with one attached hydrogen (secondary N) is 1. The molecule has 0 aromatic heterocycles. The third-order valence-corrected chi connectivity index (χ3v) is 2.48. The minimum atomic E-state index is 0.142. The number of hydrazone groups is 1. The summed E-state index contributed by atoms with van der Waals surface area (Å²) in [7, 11) is 0. The molecule has 0 saturated heterocycles. The van der Waals surface area contributed by atoms with Gasteiger partial charge in [-0.1, -0.05) is 29.8 Å². The van der Waals surface area contributed by atoms with Crippen LogP contribution in [-0.2, 0) is 0 Å². The van der Waals surface area contributed by atoms with Crippen molar-refractivity contribution in [2.45, 2.75) is 0 Å². The lowest BCUT2D eigenvalue weighted by molar-refractivity contribution is 0.475. The van der Waals surface area contributed by atoms with Crippen molar-refractivity contribution in [2.24, 2.45) is 5.10 Å². The normalized spacial score (nSPS) is 10.6. The van der Waals surface area contributed by atoms with Crippen LogP contribution in [0.4, 0.5) is 5.69 Å². The number of anilines is 1. The van der Waals surface area contributed by atoms with Gasteiger partial charge in [-0.25, -0.2) is 0 Å². The van der Waals surface area contributed by atoms with E-state index in [1.807, 2.05) is 30.3 Å². The molecule has 0 bridgehead atoms. The molecule has 2 N–H and O–H groups in total. The minimum absolute atomic E-state index is 0.142. The monoisotopic (exact) mass is 246 g/mol. The summed E-state index contributed by atoms with van der Waals surface area (Å²) < 4.78 is 0. The van der Waals surface area contributed by atoms with Crippen LogP contribution in [-0.4, -0.2) is 11.3 Å². The lowest BCUT2D eigenvalue weighted by atomic mass is 10.2. The first-order valence-electron chi connectivity index (χ1n) is 5.08. The molecule has 4 heteroatoms. The van der Waals surface area contributed by atoms with Gasteiger partial charge in [-0.2, -0.15) is 5.10 Å². The molecule has 2 rings (SSSR count). The van der Waals surface area contributed by atoms with Crippen LogP contribution < -0.4 is 5.43 Å². The van der Waals surface area contributed by atoms with Gasteiger partial charge in [0, 0.05) is 5.56 Å². The van der Waals surface area contributed by atoms with E-state index in [0.717, 1.165) is 11.3 Å². The maximum Gasteiger partial charge on any atom is 0.117 e. The van der Waals surface area contributed by atoms with Gasteiger partial charge in [-0.05, 0) is 30.3 Å². The largest absolute Gasteiger partial charge is 0.508 e. The molecule has 0 aliphatic heterocycles. The Bertz CT molecular complexity index is 526. The van der Waals surface area contributed by atoms with Crippen molar-refractivity contribution in [3.8, 4) is 5.75 Å². The van der Waals surface area contributed by atoms with Gasteiger partial charge in [0.25, 0.3) is 0 Å². The second-order valence-electron chi connectivity index (χ2n) is 3.44. The molecule has 0 radical (unpaired) electrons. The second kappa shape index (κ2) is 5.37. The Labute approximate surface area is 104 Å². The van der Waals surface area contributed by atoms with Crippen molar-refractivity contribution >= 4 is 23.5 Å². The molecule has 0 heterocycles. The first-order valence-corrected chi connectivity index (χ1v) is 5.46. The number of hydrogen-bond acceptors (Lipinski definition) is 3. The highest BCUT2D eigenvalue weighted by Gasteiger charge is 1.97. The maximum atomic E-state index is 9.20. The second-order valence-corrected chi connectivity index (χ2v) is 3.85. The molecule has 0 spiro atoms. The molecular weight excluding hydrogens is 236 g/mol. The highest BCUT2D eigenvalue weighted by molar-refractivity contribution is 6.33. The van der Waals surface area contributed by atoms with Crippen molar-refractivity contribution in [1.82, 2.24) is 0 Å². The van der Waals surface area contributed by atoms with Crippen LogP contribution in [0, 0.1) is 0 Å². The molecule has 0 amide bonds. The quantitative estimate of drug-likeness (QED) is 0.643. The molecule has 0 saturated carbocycles. The smallest absolute Gasteiger partial charge is 0.117 e. The first-order chi connectivity index (χ1) is 8.25. The first kappa shape index (κ1) is 11.5. The average Bonchev–Trinajstić information content (AvgIpc) is 2.33. The number of phenols is 1. The Kier molecular flexibility index (Phi) is 3.62. The average molecular weight is 247 g/mol. The van der Waals surface area contributed by atoms with Gasteiger partial charge in [0.15, 0.2) is 0 Å². The number of rotatable bonds is 3. The fourth-order valence-electron chi connectivity index (χ4n) is 1.31. The highest BCUT2D eigenvalue weighted by Crippen LogP contribution is 2.20. The van der Waals surface area contributed by atoms with Gasteiger partial charge in [0.05, 0.1) is 16.9 Å². The zero-order valence-corrected chi connectivity index (χ0v) is 9.72. The Morgan fingerprint density at radius 1 is 1.12 bits per heavy atom. The zero-order chi connectivity index (χ0) is 12.1. The van der Waals surface area contributed by atoms with E-state index >= 15 is 0 Å². The Morgan fingerprint density at radius 2 is 1.88 bits per heavy atom. The summed E-state index contributed by atoms with van der Waals surface area (Å²) >= 11 is 5.93. The van der Waals surface area contributed by atoms with E-state index < -0.39 is 0 Å². The number of halogens is 1. The predicted molar refractivity (Wildman–Crippen MR) is 70.8 cm³/mol. The molecule has 86 valence electrons. The molecule has 0 fully saturated rings. The number of aromatic hydroxyl groups is 1. The summed E-state index contributed by atoms with van der Waals surface area (Å²) in [5.41, 5.74) is 4.53. The number of para-hydroxylation sites is 1. The van der Waals surface area contributed by atoms with Crippen LogP contribution in [0.25, 0.3) is 0 Å². The van der Waals surface area contributed by atoms with Gasteiger partial charge in [0.1, 0.15) is 5.75 Å². The molecule has 0 aliphatic carbocycles. The van der Waals surface area contributed by atoms with Gasteiger partial charge in [0.2, 0.25) is 0 Å². The number of phenolic OH excluding ortho intramolecular Hbond substituents is 1. The van der Waals surface area contributed by atoms with Crippen LogP contribution in [0.2, 0.25) is 5.02 Å². The number of nitrogens with zero attached hydrogens (tertiary/aromatic N) is 1. The van der Waals surface area contributed by atoms with Crippen molar-refractivity contribution in [3.05, 3.63) is 59.1 Å². The van der Waals surface area contributed by atoms with Gasteiger partial charge < -0.3 is 5.11 Å². The van der Waals surface area contributed by atoms with Crippen LogP contribution in [0.15, 0.2) is 53.6 Å². The Morgan fingerprint density at radius 3 is 2.59 bits per heavy atom. The van der Waals surface area contributed by atoms with E-state index in [0.29, 0.717) is 5.02 Å². The number of hydrogen-bond donors (Lipinski definition) is 2. The van der Waals surface area contributed by atoms with Crippen LogP contribution in [0.5, 0.6) is 5.75 Å². The Hall–Kier alpha value is -2.00. The van der Waals surface area contributed by atoms with Crippen molar-refractivity contribution in [1.29, 1.82) is 0 Å². The highest BCUT2D eigenvalue weighted by atomic mass is 35.5. The van der Waals surface area contributed by atoms with E-state index in [-0.39, 0.29) is 5.75 Å². The molecule has 2 aromatic rings. The molecule has 0 aliphatic rings. The van der Waals surface area contributed by atoms with Gasteiger partial charge >= 0.3 is 0 Å². The lowest BCUT2D eigenvalue weighted by Crippen LogP contribution is -1.90. The van der Waals surface area contributed by atoms with Crippen molar-refractivity contribution in [3.63, 3.8) is 0 Å². The minimum Gasteiger partial charge on any atom is -0.508 e. The third-order valence-electron chi connectivity index (χ3n) is 2.16. The predicted octanol–water partition coefficient (Wildman–Crippen LogP) is 3.49. The van der Waals surface area contributed by atoms with E-state index in [2.05, 4.69) is 10.5 Å². The van der Waals surface area contributed by atoms with E-state index in [1.54, 1.807) is 18.3 Å². The van der Waals surface area contributed by atoms with Gasteiger partial charge in [-0.15, -0.1) is 0 Å². The Balaban J connectivity index is 2.06. The van der Waals surface area contributed by atoms with E-state index in [1.165, 1.54) is 6.07 Å². The summed E-state index contributed by atoms with van der Waals surface area (Å²) in [4.78, 5) is 0. The van der Waals surface area contributed by atoms with Crippen molar-refractivity contribution < 1.29 is 5.11 Å². The molecular formula is C13H11ClN2O. The van der Waals surface area contributed by atoms with E-state index in [9.17, 15) is 5.11 Å². The van der Waals surface area contributed by atoms with Gasteiger partial charge in [-0.3, -0.25) is 5.43 Å². The third kappa shape index (κ3) is 3.23. The molecule has 2 aromatic carbocycles. The summed E-state index contributed by atoms with van der Waals surface area (Å²) in [6, 6.07) is 14.4. The molecule has 3 nitrogen and oxygen atoms in total. The van der Waals surface area contributed by atoms with E-state index in [4.69, 9.17) is 11.6 Å². The summed E-state index contributed by atoms with van der Waals surface area (Å²) in [5.74, 6) is 0.142. The van der Waals surface area contributed by atoms with Crippen LogP contribution >= 0.6 is 11.6 Å². The summed E-state index contributed by atoms with van der Waals surface area (Å²) in [6.45, 7) is 0. The number of benzene rings is 2. The SMILES string of the molecule is Oc1ccc(C=NNc2ccccc2)c(Cl)c1. The van der Waals surface area contributed by atoms with Crippen molar-refractivity contribution in [2.75, 3.05) is 5.43 Å². The van der Waals surface area contributed by atoms with Crippen LogP contribution in [0.3, 0.4) is 0 Å². The van der Waals surface area contributed by atoms with Crippen LogP contribution in [0.1, 0.15) is 5.56 Å². The molecule has 17 heavy (non-hydrogen) atoms.